The number of carbonyl (C=O) groups is 5. The Hall–Kier alpha value is -15.7. The van der Waals surface area contributed by atoms with E-state index in [1.54, 1.807) is 121 Å². The molecule has 0 N–H and O–H groups in total. The molecule has 0 aliphatic rings. The van der Waals surface area contributed by atoms with Gasteiger partial charge in [-0.1, -0.05) is 99.6 Å². The number of benzene rings is 10. The van der Waals surface area contributed by atoms with Crippen LogP contribution in [0.1, 0.15) is 76.5 Å². The van der Waals surface area contributed by atoms with Crippen LogP contribution >= 0.6 is 0 Å². The van der Waals surface area contributed by atoms with E-state index in [2.05, 4.69) is 63.9 Å². The van der Waals surface area contributed by atoms with Crippen LogP contribution in [0.5, 0.6) is 17.2 Å². The molecule has 0 amide bonds. The summed E-state index contributed by atoms with van der Waals surface area (Å²) in [5, 5.41) is 75.6. The molecule has 0 spiro atoms. The van der Waals surface area contributed by atoms with Crippen molar-refractivity contribution in [3.8, 4) is 74.9 Å². The van der Waals surface area contributed by atoms with E-state index in [9.17, 15) is 49.5 Å². The van der Waals surface area contributed by atoms with Crippen molar-refractivity contribution in [2.24, 2.45) is 25.9 Å². The number of non-ortho nitro benzene ring substituents is 2. The minimum absolute atomic E-state index is 0.00253. The van der Waals surface area contributed by atoms with Gasteiger partial charge in [0.1, 0.15) is 30.5 Å². The topological polar surface area (TPSA) is 373 Å². The first kappa shape index (κ1) is 87.6. The molecule has 0 unspecified atom stereocenters. The molecule has 10 rings (SSSR count). The van der Waals surface area contributed by atoms with Crippen LogP contribution < -0.4 is 24.0 Å². The molecule has 0 aliphatic carbocycles. The third kappa shape index (κ3) is 28.0. The lowest BCUT2D eigenvalue weighted by Crippen LogP contribution is -2.36. The molecule has 0 saturated heterocycles. The molecular formula is C89H79N13O14. The van der Waals surface area contributed by atoms with Crippen LogP contribution in [0.2, 0.25) is 0 Å². The Morgan fingerprint density at radius 1 is 0.448 bits per heavy atom. The highest BCUT2D eigenvalue weighted by Crippen LogP contribution is 2.34. The van der Waals surface area contributed by atoms with Gasteiger partial charge in [0, 0.05) is 67.6 Å². The number of anilines is 2. The van der Waals surface area contributed by atoms with Crippen molar-refractivity contribution in [2.75, 3.05) is 55.7 Å². The van der Waals surface area contributed by atoms with Crippen molar-refractivity contribution in [1.82, 2.24) is 0 Å². The summed E-state index contributed by atoms with van der Waals surface area (Å²) < 4.78 is 26.8. The fourth-order valence-corrected chi connectivity index (χ4v) is 10.7. The van der Waals surface area contributed by atoms with Gasteiger partial charge in [-0.3, -0.25) is 34.6 Å². The number of carbonyl (C=O) groups excluding carboxylic acids is 5. The molecule has 27 heteroatoms. The minimum Gasteiger partial charge on any atom is -0.463 e. The predicted molar refractivity (Wildman–Crippen MR) is 436 cm³/mol. The first-order valence-electron chi connectivity index (χ1n) is 36.4. The van der Waals surface area contributed by atoms with E-state index in [0.717, 1.165) is 57.4 Å². The Morgan fingerprint density at radius 3 is 1.02 bits per heavy atom. The second-order valence-electron chi connectivity index (χ2n) is 24.9. The molecule has 10 aromatic rings. The van der Waals surface area contributed by atoms with Gasteiger partial charge in [0.25, 0.3) is 11.4 Å². The summed E-state index contributed by atoms with van der Waals surface area (Å²) >= 11 is 0. The summed E-state index contributed by atoms with van der Waals surface area (Å²) in [5.74, 6) is -2.34. The van der Waals surface area contributed by atoms with Gasteiger partial charge >= 0.3 is 36.4 Å². The number of azo groups is 2. The Kier molecular flexibility index (Phi) is 34.8. The summed E-state index contributed by atoms with van der Waals surface area (Å²) in [7, 11) is 0. The molecule has 0 atom stereocenters. The van der Waals surface area contributed by atoms with Crippen molar-refractivity contribution in [1.29, 1.82) is 21.0 Å². The Labute approximate surface area is 670 Å². The lowest BCUT2D eigenvalue weighted by Gasteiger charge is -2.26. The first-order valence-corrected chi connectivity index (χ1v) is 36.4. The van der Waals surface area contributed by atoms with Crippen molar-refractivity contribution in [3.05, 3.63) is 304 Å². The van der Waals surface area contributed by atoms with Gasteiger partial charge in [-0.05, 0) is 206 Å². The molecule has 0 aliphatic heterocycles. The fraction of sp³-hybridized carbons (Fsp3) is 0.191. The highest BCUT2D eigenvalue weighted by atomic mass is 16.6. The average molecular weight is 1550 g/mol. The number of nitriles is 4. The number of hydrogen-bond acceptors (Lipinski definition) is 24. The summed E-state index contributed by atoms with van der Waals surface area (Å²) in [4.78, 5) is 90.1. The molecule has 27 nitrogen and oxygen atoms in total. The van der Waals surface area contributed by atoms with Gasteiger partial charge in [0.15, 0.2) is 5.41 Å². The zero-order valence-corrected chi connectivity index (χ0v) is 63.9. The summed E-state index contributed by atoms with van der Waals surface area (Å²) in [6.45, 7) is 20.0. The molecule has 584 valence electrons. The molecular weight excluding hydrogens is 1480 g/mol. The smallest absolute Gasteiger partial charge is 0.387 e. The van der Waals surface area contributed by atoms with Crippen LogP contribution in [0.25, 0.3) is 38.2 Å². The predicted octanol–water partition coefficient (Wildman–Crippen LogP) is 19.8. The number of nitro groups is 2. The number of esters is 5. The third-order valence-electron chi connectivity index (χ3n) is 16.9. The largest absolute Gasteiger partial charge is 0.463 e. The number of nitro benzene ring substituents is 2. The first-order chi connectivity index (χ1) is 56.2. The zero-order chi connectivity index (χ0) is 83.6. The van der Waals surface area contributed by atoms with E-state index in [0.29, 0.717) is 58.3 Å². The average Bonchev–Trinajstić information content (AvgIpc) is 0.809. The molecule has 0 saturated carbocycles. The quantitative estimate of drug-likeness (QED) is 0.00740. The van der Waals surface area contributed by atoms with Crippen molar-refractivity contribution < 1.29 is 57.5 Å². The third-order valence-corrected chi connectivity index (χ3v) is 16.9. The van der Waals surface area contributed by atoms with Gasteiger partial charge < -0.3 is 38.3 Å². The molecule has 0 bridgehead atoms. The monoisotopic (exact) mass is 1550 g/mol. The standard InChI is InChI=1S/C51H41N7O8.C19H19N5O4.C16H11NO2.C3H8/c1-2-57(44-19-15-42(16-20-44)55-56-43-17-21-45(22-18-43)58(62)63)31-32-64-50(61)51(35-54,29-27-48(59)65-46-23-11-40(12-24-46)38-7-3-36(33-52)4-8-38)30-28-49(60)66-47-25-13-41(14-26-47)39-9-5-37(34-53)6-10-39;1-3-23(12-13-28-19(25)14-20-2)17-8-4-15(5-9-17)21-22-16-6-10-18(11-7-16)24(26)27;1-2-16(18)19-15-9-7-14(8-10-15)13-5-3-12(11-17)4-6-13;1-3-2/h3-26H,2,27-32H2,1H3;4-11H,3,12-14H2,1H3;2-10H,1H2;3H2,1-2H3. The number of nitrogens with zero attached hydrogens (tertiary/aromatic N) is 13. The SMILES string of the molecule is C=CC(=O)Oc1ccc(-c2ccc(C#N)cc2)cc1.CCC.CCN(CCOC(=O)C(C#N)(CCC(=O)Oc1ccc(-c2ccc(C#N)cc2)cc1)CCC(=O)Oc1ccc(-c2ccc(C#N)cc2)cc1)c1ccc(N=Nc2ccc([N+](=O)[O-])cc2)cc1.[C-]#[N+]CC(=O)OCCN(CC)c1ccc(N=Nc2ccc([N+](=O)[O-])cc2)cc1. The molecule has 0 fully saturated rings. The molecule has 0 aromatic heterocycles. The number of rotatable bonds is 31. The molecule has 0 radical (unpaired) electrons. The van der Waals surface area contributed by atoms with E-state index in [-0.39, 0.29) is 74.9 Å². The van der Waals surface area contributed by atoms with Gasteiger partial charge in [0.05, 0.1) is 86.7 Å². The lowest BCUT2D eigenvalue weighted by molar-refractivity contribution is -0.385. The normalized spacial score (nSPS) is 10.4. The highest BCUT2D eigenvalue weighted by Gasteiger charge is 2.42. The summed E-state index contributed by atoms with van der Waals surface area (Å²) in [6.07, 6.45) is 1.07. The van der Waals surface area contributed by atoms with E-state index in [4.69, 9.17) is 46.0 Å². The maximum Gasteiger partial charge on any atom is 0.387 e. The molecule has 10 aromatic carbocycles. The number of likely N-dealkylation sites (N-methyl/N-ethyl adjacent to an activating group) is 2. The summed E-state index contributed by atoms with van der Waals surface area (Å²) in [6, 6.07) is 76.3. The number of hydrogen-bond donors (Lipinski definition) is 0. The number of ether oxygens (including phenoxy) is 5. The van der Waals surface area contributed by atoms with Gasteiger partial charge in [-0.2, -0.15) is 41.5 Å². The Morgan fingerprint density at radius 2 is 0.741 bits per heavy atom. The van der Waals surface area contributed by atoms with Gasteiger partial charge in [0.2, 0.25) is 0 Å². The van der Waals surface area contributed by atoms with Crippen LogP contribution in [-0.4, -0.2) is 85.6 Å². The van der Waals surface area contributed by atoms with E-state index < -0.39 is 45.1 Å². The minimum atomic E-state index is -1.91. The van der Waals surface area contributed by atoms with Crippen molar-refractivity contribution in [3.63, 3.8) is 0 Å². The van der Waals surface area contributed by atoms with Crippen LogP contribution in [-0.2, 0) is 33.4 Å². The fourth-order valence-electron chi connectivity index (χ4n) is 10.7. The van der Waals surface area contributed by atoms with Crippen LogP contribution in [0.15, 0.2) is 276 Å². The Balaban J connectivity index is 0.000000301. The Bertz CT molecular complexity index is 5130. The van der Waals surface area contributed by atoms with Crippen LogP contribution in [0.3, 0.4) is 0 Å². The van der Waals surface area contributed by atoms with E-state index in [1.165, 1.54) is 55.0 Å². The van der Waals surface area contributed by atoms with Gasteiger partial charge in [-0.15, -0.1) is 0 Å². The van der Waals surface area contributed by atoms with Crippen LogP contribution in [0.4, 0.5) is 45.5 Å². The summed E-state index contributed by atoms with van der Waals surface area (Å²) in [5.41, 5.74) is 8.98. The maximum atomic E-state index is 13.9. The zero-order valence-electron chi connectivity index (χ0n) is 63.9. The highest BCUT2D eigenvalue weighted by molar-refractivity contribution is 5.84. The lowest BCUT2D eigenvalue weighted by atomic mass is 9.80. The van der Waals surface area contributed by atoms with Crippen molar-refractivity contribution >= 4 is 75.3 Å². The van der Waals surface area contributed by atoms with E-state index in [1.807, 2.05) is 103 Å². The van der Waals surface area contributed by atoms with Crippen molar-refractivity contribution in [2.45, 2.75) is 59.8 Å². The van der Waals surface area contributed by atoms with Gasteiger partial charge in [-0.25, -0.2) is 16.2 Å². The second-order valence-corrected chi connectivity index (χ2v) is 24.9. The molecule has 116 heavy (non-hydrogen) atoms. The maximum absolute atomic E-state index is 13.9. The van der Waals surface area contributed by atoms with E-state index >= 15 is 0 Å². The van der Waals surface area contributed by atoms with Crippen LogP contribution in [0, 0.1) is 77.5 Å². The second kappa shape index (κ2) is 46.1. The molecule has 0 heterocycles.